The fourth-order valence-electron chi connectivity index (χ4n) is 0.945. The lowest BCUT2D eigenvalue weighted by atomic mass is 10.1. The van der Waals surface area contributed by atoms with E-state index in [1.54, 1.807) is 0 Å². The smallest absolute Gasteiger partial charge is 0.229 e. The molecule has 3 heteroatoms. The number of nitrogens with one attached hydrogen (secondary N) is 1. The second-order valence-corrected chi connectivity index (χ2v) is 2.92. The normalized spacial score (nSPS) is 9.64. The summed E-state index contributed by atoms with van der Waals surface area (Å²) >= 11 is 3.66. The molecule has 0 saturated heterocycles. The monoisotopic (exact) mass is 175 g/mol. The summed E-state index contributed by atoms with van der Waals surface area (Å²) in [5, 5.41) is 0. The summed E-state index contributed by atoms with van der Waals surface area (Å²) in [5.41, 5.74) is 0. The number of unbranched alkanes of at least 4 members (excludes halogenated alkanes) is 4. The number of carbonyl (C=O) groups excluding carboxylic acids is 1. The van der Waals surface area contributed by atoms with E-state index in [4.69, 9.17) is 0 Å². The molecule has 0 aromatic heterocycles. The van der Waals surface area contributed by atoms with Crippen LogP contribution in [-0.4, -0.2) is 5.91 Å². The third-order valence-corrected chi connectivity index (χ3v) is 1.88. The van der Waals surface area contributed by atoms with E-state index in [1.807, 2.05) is 0 Å². The van der Waals surface area contributed by atoms with Crippen LogP contribution in [0.4, 0.5) is 0 Å². The minimum Gasteiger partial charge on any atom is -0.303 e. The zero-order valence-electron chi connectivity index (χ0n) is 7.10. The van der Waals surface area contributed by atoms with Gasteiger partial charge in [-0.1, -0.05) is 45.4 Å². The lowest BCUT2D eigenvalue weighted by Crippen LogP contribution is -2.11. The highest BCUT2D eigenvalue weighted by molar-refractivity contribution is 7.78. The molecule has 0 rings (SSSR count). The van der Waals surface area contributed by atoms with Gasteiger partial charge in [0, 0.05) is 6.42 Å². The average Bonchev–Trinajstić information content (AvgIpc) is 2.04. The molecule has 11 heavy (non-hydrogen) atoms. The van der Waals surface area contributed by atoms with E-state index in [0.717, 1.165) is 12.8 Å². The Kier molecular flexibility index (Phi) is 7.79. The van der Waals surface area contributed by atoms with Gasteiger partial charge in [-0.3, -0.25) is 4.79 Å². The van der Waals surface area contributed by atoms with Crippen molar-refractivity contribution in [3.63, 3.8) is 0 Å². The summed E-state index contributed by atoms with van der Waals surface area (Å²) in [6.45, 7) is 2.18. The molecule has 0 heterocycles. The summed E-state index contributed by atoms with van der Waals surface area (Å²) in [6, 6.07) is 0. The van der Waals surface area contributed by atoms with Crippen LogP contribution in [0.15, 0.2) is 0 Å². The second-order valence-electron chi connectivity index (χ2n) is 2.70. The van der Waals surface area contributed by atoms with Crippen molar-refractivity contribution in [3.05, 3.63) is 0 Å². The molecule has 0 saturated carbocycles. The van der Waals surface area contributed by atoms with Crippen molar-refractivity contribution in [2.24, 2.45) is 0 Å². The van der Waals surface area contributed by atoms with Crippen LogP contribution < -0.4 is 4.72 Å². The van der Waals surface area contributed by atoms with Crippen LogP contribution >= 0.6 is 12.8 Å². The van der Waals surface area contributed by atoms with Gasteiger partial charge in [0.05, 0.1) is 0 Å². The fraction of sp³-hybridized carbons (Fsp3) is 0.875. The lowest BCUT2D eigenvalue weighted by molar-refractivity contribution is -0.119. The number of thiol groups is 1. The molecule has 0 bridgehead atoms. The van der Waals surface area contributed by atoms with Gasteiger partial charge in [-0.25, -0.2) is 0 Å². The summed E-state index contributed by atoms with van der Waals surface area (Å²) in [6.07, 6.45) is 6.55. The Hall–Kier alpha value is -0.180. The van der Waals surface area contributed by atoms with Gasteiger partial charge in [0.1, 0.15) is 0 Å². The first-order valence-electron chi connectivity index (χ1n) is 4.24. The summed E-state index contributed by atoms with van der Waals surface area (Å²) in [7, 11) is 0. The topological polar surface area (TPSA) is 29.1 Å². The van der Waals surface area contributed by atoms with E-state index in [2.05, 4.69) is 24.5 Å². The molecule has 0 aromatic rings. The van der Waals surface area contributed by atoms with Crippen molar-refractivity contribution in [1.82, 2.24) is 4.72 Å². The van der Waals surface area contributed by atoms with Crippen LogP contribution in [0.3, 0.4) is 0 Å². The molecule has 0 radical (unpaired) electrons. The Bertz CT molecular complexity index is 106. The highest BCUT2D eigenvalue weighted by Gasteiger charge is 1.96. The van der Waals surface area contributed by atoms with Gasteiger partial charge in [-0.2, -0.15) is 0 Å². The predicted molar refractivity (Wildman–Crippen MR) is 50.5 cm³/mol. The zero-order chi connectivity index (χ0) is 8.53. The molecular formula is C8H17NOS. The molecular weight excluding hydrogens is 158 g/mol. The van der Waals surface area contributed by atoms with Gasteiger partial charge >= 0.3 is 0 Å². The standard InChI is InChI=1S/C8H17NOS/c1-2-3-4-5-6-7-8(10)9-11/h11H,2-7H2,1H3,(H,9,10). The second kappa shape index (κ2) is 7.92. The molecule has 0 fully saturated rings. The van der Waals surface area contributed by atoms with E-state index in [0.29, 0.717) is 6.42 Å². The molecule has 66 valence electrons. The van der Waals surface area contributed by atoms with E-state index < -0.39 is 0 Å². The van der Waals surface area contributed by atoms with Crippen LogP contribution in [0, 0.1) is 0 Å². The maximum atomic E-state index is 10.7. The van der Waals surface area contributed by atoms with E-state index in [1.165, 1.54) is 19.3 Å². The summed E-state index contributed by atoms with van der Waals surface area (Å²) in [4.78, 5) is 10.7. The zero-order valence-corrected chi connectivity index (χ0v) is 7.99. The molecule has 1 N–H and O–H groups in total. The Morgan fingerprint density at radius 1 is 1.27 bits per heavy atom. The van der Waals surface area contributed by atoms with E-state index in [9.17, 15) is 4.79 Å². The van der Waals surface area contributed by atoms with Crippen LogP contribution in [0.5, 0.6) is 0 Å². The van der Waals surface area contributed by atoms with Gasteiger partial charge in [0.25, 0.3) is 0 Å². The van der Waals surface area contributed by atoms with Crippen LogP contribution in [0.2, 0.25) is 0 Å². The number of hydrogen-bond acceptors (Lipinski definition) is 2. The van der Waals surface area contributed by atoms with Crippen molar-refractivity contribution in [3.8, 4) is 0 Å². The lowest BCUT2D eigenvalue weighted by Gasteiger charge is -1.98. The Morgan fingerprint density at radius 2 is 1.91 bits per heavy atom. The molecule has 0 aliphatic heterocycles. The first-order chi connectivity index (χ1) is 5.31. The minimum atomic E-state index is 0.0323. The van der Waals surface area contributed by atoms with Crippen LogP contribution in [0.1, 0.15) is 45.4 Å². The maximum absolute atomic E-state index is 10.7. The van der Waals surface area contributed by atoms with Gasteiger partial charge in [-0.05, 0) is 6.42 Å². The minimum absolute atomic E-state index is 0.0323. The van der Waals surface area contributed by atoms with Gasteiger partial charge in [0.15, 0.2) is 0 Å². The maximum Gasteiger partial charge on any atom is 0.229 e. The van der Waals surface area contributed by atoms with Crippen LogP contribution in [0.25, 0.3) is 0 Å². The van der Waals surface area contributed by atoms with E-state index in [-0.39, 0.29) is 5.91 Å². The number of rotatable bonds is 6. The Labute approximate surface area is 74.3 Å². The van der Waals surface area contributed by atoms with Crippen molar-refractivity contribution in [2.45, 2.75) is 45.4 Å². The predicted octanol–water partition coefficient (Wildman–Crippen LogP) is 2.31. The molecule has 0 aromatic carbocycles. The van der Waals surface area contributed by atoms with E-state index >= 15 is 0 Å². The number of hydrogen-bond donors (Lipinski definition) is 2. The van der Waals surface area contributed by atoms with Crippen molar-refractivity contribution in [2.75, 3.05) is 0 Å². The molecule has 1 amide bonds. The highest BCUT2D eigenvalue weighted by Crippen LogP contribution is 2.04. The molecule has 0 spiro atoms. The van der Waals surface area contributed by atoms with Crippen molar-refractivity contribution < 1.29 is 4.79 Å². The molecule has 0 aliphatic carbocycles. The van der Waals surface area contributed by atoms with Crippen LogP contribution in [-0.2, 0) is 4.79 Å². The Balaban J connectivity index is 2.95. The largest absolute Gasteiger partial charge is 0.303 e. The Morgan fingerprint density at radius 3 is 2.45 bits per heavy atom. The molecule has 0 aliphatic rings. The highest BCUT2D eigenvalue weighted by atomic mass is 32.1. The van der Waals surface area contributed by atoms with Gasteiger partial charge < -0.3 is 4.72 Å². The third-order valence-electron chi connectivity index (χ3n) is 1.63. The molecule has 0 unspecified atom stereocenters. The quantitative estimate of drug-likeness (QED) is 0.471. The van der Waals surface area contributed by atoms with Gasteiger partial charge in [-0.15, -0.1) is 0 Å². The number of amides is 1. The van der Waals surface area contributed by atoms with Crippen molar-refractivity contribution >= 4 is 18.7 Å². The first-order valence-corrected chi connectivity index (χ1v) is 4.69. The summed E-state index contributed by atoms with van der Waals surface area (Å²) in [5.74, 6) is 0.0323. The molecule has 2 nitrogen and oxygen atoms in total. The fourth-order valence-corrected chi connectivity index (χ4v) is 1.06. The summed E-state index contributed by atoms with van der Waals surface area (Å²) < 4.78 is 2.31. The average molecular weight is 175 g/mol. The number of carbonyl (C=O) groups is 1. The van der Waals surface area contributed by atoms with Crippen molar-refractivity contribution in [1.29, 1.82) is 0 Å². The van der Waals surface area contributed by atoms with Gasteiger partial charge in [0.2, 0.25) is 5.91 Å². The third kappa shape index (κ3) is 7.72. The first kappa shape index (κ1) is 10.8. The SMILES string of the molecule is CCCCCCCC(=O)NS. The molecule has 0 atom stereocenters.